The van der Waals surface area contributed by atoms with Crippen LogP contribution in [0.5, 0.6) is 0 Å². The smallest absolute Gasteiger partial charge is 0.0901 e. The zero-order valence-corrected chi connectivity index (χ0v) is 11.2. The highest BCUT2D eigenvalue weighted by atomic mass is 32.1. The van der Waals surface area contributed by atoms with Crippen LogP contribution in [0.15, 0.2) is 23.1 Å². The van der Waals surface area contributed by atoms with Crippen molar-refractivity contribution in [1.82, 2.24) is 4.98 Å². The molecule has 1 heterocycles. The fraction of sp³-hybridized carbons (Fsp3) is 0.462. The summed E-state index contributed by atoms with van der Waals surface area (Å²) in [4.78, 5) is 4.42. The first-order valence-electron chi connectivity index (χ1n) is 5.41. The summed E-state index contributed by atoms with van der Waals surface area (Å²) in [6.45, 7) is 6.13. The van der Waals surface area contributed by atoms with Crippen molar-refractivity contribution in [2.75, 3.05) is 7.11 Å². The largest absolute Gasteiger partial charge is 0.377 e. The van der Waals surface area contributed by atoms with E-state index >= 15 is 0 Å². The second-order valence-corrected chi connectivity index (χ2v) is 4.77. The summed E-state index contributed by atoms with van der Waals surface area (Å²) in [5.41, 5.74) is 2.24. The molecule has 0 N–H and O–H groups in total. The second-order valence-electron chi connectivity index (χ2n) is 3.71. The van der Waals surface area contributed by atoms with E-state index in [0.29, 0.717) is 0 Å². The number of ether oxygens (including phenoxy) is 1. The van der Waals surface area contributed by atoms with Crippen molar-refractivity contribution in [1.29, 1.82) is 0 Å². The molecular formula is C13H19NOS. The maximum absolute atomic E-state index is 5.45. The molecule has 2 nitrogen and oxygen atoms in total. The van der Waals surface area contributed by atoms with E-state index in [4.69, 9.17) is 4.74 Å². The Hall–Kier alpha value is -0.930. The third kappa shape index (κ3) is 3.91. The lowest BCUT2D eigenvalue weighted by Crippen LogP contribution is -2.10. The van der Waals surface area contributed by atoms with Gasteiger partial charge in [0.1, 0.15) is 0 Å². The molecule has 1 rings (SSSR count). The molecule has 16 heavy (non-hydrogen) atoms. The highest BCUT2D eigenvalue weighted by molar-refractivity contribution is 7.09. The fourth-order valence-corrected chi connectivity index (χ4v) is 2.07. The normalized spacial score (nSPS) is 14.6. The molecule has 0 saturated carbocycles. The first kappa shape index (κ1) is 13.1. The van der Waals surface area contributed by atoms with Crippen LogP contribution in [0.4, 0.5) is 0 Å². The summed E-state index contributed by atoms with van der Waals surface area (Å²) in [7, 11) is 1.75. The zero-order chi connectivity index (χ0) is 12.0. The van der Waals surface area contributed by atoms with Crippen molar-refractivity contribution >= 4 is 17.4 Å². The molecule has 1 aromatic rings. The van der Waals surface area contributed by atoms with Crippen LogP contribution < -0.4 is 0 Å². The second kappa shape index (κ2) is 6.61. The van der Waals surface area contributed by atoms with Gasteiger partial charge in [-0.3, -0.25) is 0 Å². The number of hydrogen-bond donors (Lipinski definition) is 0. The number of allylic oxidation sites excluding steroid dienone is 1. The summed E-state index contributed by atoms with van der Waals surface area (Å²) in [6, 6.07) is 0. The van der Waals surface area contributed by atoms with E-state index in [0.717, 1.165) is 17.1 Å². The standard InChI is InChI=1S/C13H19NOS/c1-5-6-7-13(15-4)10(2)8-12-9-16-11(3)14-12/h5-6,8-9,13H,7H2,1-4H3/b6-5-,10-8+/t13-/m0/s1. The summed E-state index contributed by atoms with van der Waals surface area (Å²) in [6.07, 6.45) is 7.34. The van der Waals surface area contributed by atoms with E-state index in [2.05, 4.69) is 29.4 Å². The molecule has 0 amide bonds. The molecule has 1 aromatic heterocycles. The number of nitrogens with zero attached hydrogens (tertiary/aromatic N) is 1. The third-order valence-electron chi connectivity index (χ3n) is 2.39. The molecular weight excluding hydrogens is 218 g/mol. The van der Waals surface area contributed by atoms with Crippen molar-refractivity contribution in [3.05, 3.63) is 33.8 Å². The van der Waals surface area contributed by atoms with Crippen LogP contribution in [0, 0.1) is 6.92 Å². The zero-order valence-electron chi connectivity index (χ0n) is 10.4. The molecule has 88 valence electrons. The van der Waals surface area contributed by atoms with Gasteiger partial charge in [0, 0.05) is 12.5 Å². The minimum atomic E-state index is 0.151. The minimum absolute atomic E-state index is 0.151. The first-order valence-corrected chi connectivity index (χ1v) is 6.29. The van der Waals surface area contributed by atoms with E-state index in [-0.39, 0.29) is 6.10 Å². The van der Waals surface area contributed by atoms with Gasteiger partial charge in [-0.15, -0.1) is 11.3 Å². The molecule has 0 aliphatic rings. The van der Waals surface area contributed by atoms with Gasteiger partial charge in [-0.1, -0.05) is 12.2 Å². The van der Waals surface area contributed by atoms with E-state index < -0.39 is 0 Å². The average Bonchev–Trinajstić information content (AvgIpc) is 2.65. The Kier molecular flexibility index (Phi) is 5.43. The number of aromatic nitrogens is 1. The topological polar surface area (TPSA) is 22.1 Å². The van der Waals surface area contributed by atoms with Gasteiger partial charge < -0.3 is 4.74 Å². The minimum Gasteiger partial charge on any atom is -0.377 e. The van der Waals surface area contributed by atoms with Crippen molar-refractivity contribution in [3.8, 4) is 0 Å². The predicted molar refractivity (Wildman–Crippen MR) is 70.7 cm³/mol. The van der Waals surface area contributed by atoms with Gasteiger partial charge in [0.25, 0.3) is 0 Å². The van der Waals surface area contributed by atoms with E-state index in [1.165, 1.54) is 5.57 Å². The molecule has 0 spiro atoms. The molecule has 0 aliphatic heterocycles. The number of thiazole rings is 1. The van der Waals surface area contributed by atoms with Crippen molar-refractivity contribution < 1.29 is 4.74 Å². The van der Waals surface area contributed by atoms with Crippen LogP contribution >= 0.6 is 11.3 Å². The Morgan fingerprint density at radius 3 is 2.88 bits per heavy atom. The lowest BCUT2D eigenvalue weighted by Gasteiger charge is -2.13. The SMILES string of the molecule is C/C=C\C[C@H](OC)/C(C)=C/c1csc(C)n1. The summed E-state index contributed by atoms with van der Waals surface area (Å²) >= 11 is 1.67. The Bertz CT molecular complexity index is 379. The van der Waals surface area contributed by atoms with Crippen LogP contribution in [0.1, 0.15) is 31.0 Å². The van der Waals surface area contributed by atoms with Gasteiger partial charge in [0.2, 0.25) is 0 Å². The highest BCUT2D eigenvalue weighted by Crippen LogP contribution is 2.16. The van der Waals surface area contributed by atoms with Crippen molar-refractivity contribution in [2.24, 2.45) is 0 Å². The van der Waals surface area contributed by atoms with Gasteiger partial charge in [-0.25, -0.2) is 4.98 Å². The fourth-order valence-electron chi connectivity index (χ4n) is 1.50. The number of rotatable bonds is 5. The van der Waals surface area contributed by atoms with Crippen LogP contribution in [0.2, 0.25) is 0 Å². The van der Waals surface area contributed by atoms with Gasteiger partial charge in [-0.05, 0) is 38.8 Å². The van der Waals surface area contributed by atoms with Crippen LogP contribution in [0.25, 0.3) is 6.08 Å². The Morgan fingerprint density at radius 2 is 2.38 bits per heavy atom. The Balaban J connectivity index is 2.73. The number of methoxy groups -OCH3 is 1. The molecule has 3 heteroatoms. The molecule has 0 bridgehead atoms. The van der Waals surface area contributed by atoms with E-state index in [9.17, 15) is 0 Å². The van der Waals surface area contributed by atoms with Crippen molar-refractivity contribution in [3.63, 3.8) is 0 Å². The maximum Gasteiger partial charge on any atom is 0.0901 e. The lowest BCUT2D eigenvalue weighted by molar-refractivity contribution is 0.135. The molecule has 0 radical (unpaired) electrons. The van der Waals surface area contributed by atoms with Crippen LogP contribution in [-0.4, -0.2) is 18.2 Å². The maximum atomic E-state index is 5.45. The molecule has 0 unspecified atom stereocenters. The predicted octanol–water partition coefficient (Wildman–Crippen LogP) is 3.84. The average molecular weight is 237 g/mol. The summed E-state index contributed by atoms with van der Waals surface area (Å²) in [5, 5.41) is 3.17. The third-order valence-corrected chi connectivity index (χ3v) is 3.18. The first-order chi connectivity index (χ1) is 7.67. The molecule has 0 saturated heterocycles. The van der Waals surface area contributed by atoms with Crippen molar-refractivity contribution in [2.45, 2.75) is 33.3 Å². The van der Waals surface area contributed by atoms with Gasteiger partial charge in [0.15, 0.2) is 0 Å². The number of aryl methyl sites for hydroxylation is 1. The quantitative estimate of drug-likeness (QED) is 0.726. The van der Waals surface area contributed by atoms with E-state index in [1.54, 1.807) is 18.4 Å². The lowest BCUT2D eigenvalue weighted by atomic mass is 10.1. The van der Waals surface area contributed by atoms with Gasteiger partial charge in [-0.2, -0.15) is 0 Å². The van der Waals surface area contributed by atoms with Crippen LogP contribution in [0.3, 0.4) is 0 Å². The molecule has 0 aromatic carbocycles. The molecule has 0 fully saturated rings. The Labute approximate surface area is 102 Å². The highest BCUT2D eigenvalue weighted by Gasteiger charge is 2.08. The Morgan fingerprint density at radius 1 is 1.62 bits per heavy atom. The summed E-state index contributed by atoms with van der Waals surface area (Å²) < 4.78 is 5.45. The summed E-state index contributed by atoms with van der Waals surface area (Å²) in [5.74, 6) is 0. The monoisotopic (exact) mass is 237 g/mol. The molecule has 0 aliphatic carbocycles. The van der Waals surface area contributed by atoms with Gasteiger partial charge in [0.05, 0.1) is 16.8 Å². The van der Waals surface area contributed by atoms with E-state index in [1.807, 2.05) is 19.9 Å². The van der Waals surface area contributed by atoms with Gasteiger partial charge >= 0.3 is 0 Å². The molecule has 1 atom stereocenters. The van der Waals surface area contributed by atoms with Crippen LogP contribution in [-0.2, 0) is 4.74 Å². The number of hydrogen-bond acceptors (Lipinski definition) is 3.